The van der Waals surface area contributed by atoms with Crippen LogP contribution < -0.4 is 5.56 Å². The second-order valence-electron chi connectivity index (χ2n) is 11.6. The van der Waals surface area contributed by atoms with Crippen molar-refractivity contribution in [3.63, 3.8) is 0 Å². The molecular formula is C32H28FN5O3. The zero-order chi connectivity index (χ0) is 27.8. The van der Waals surface area contributed by atoms with Crippen LogP contribution in [0.15, 0.2) is 70.0 Å². The highest BCUT2D eigenvalue weighted by Gasteiger charge is 2.42. The lowest BCUT2D eigenvalue weighted by molar-refractivity contribution is 0.0671. The third kappa shape index (κ3) is 4.10. The highest BCUT2D eigenvalue weighted by Crippen LogP contribution is 2.54. The van der Waals surface area contributed by atoms with Crippen LogP contribution in [0.5, 0.6) is 0 Å². The molecule has 2 aromatic carbocycles. The number of aromatic nitrogens is 4. The first kappa shape index (κ1) is 24.3. The number of carbonyl (C=O) groups is 1. The second kappa shape index (κ2) is 8.99. The normalized spacial score (nSPS) is 21.7. The molecule has 206 valence electrons. The molecule has 0 spiro atoms. The van der Waals surface area contributed by atoms with E-state index in [-0.39, 0.29) is 35.2 Å². The number of nitrogens with zero attached hydrogens (tertiary/aromatic N) is 4. The topological polar surface area (TPSA) is 96.5 Å². The predicted octanol–water partition coefficient (Wildman–Crippen LogP) is 5.72. The van der Waals surface area contributed by atoms with Gasteiger partial charge in [-0.1, -0.05) is 30.3 Å². The second-order valence-corrected chi connectivity index (χ2v) is 11.6. The summed E-state index contributed by atoms with van der Waals surface area (Å²) in [5.74, 6) is 0.652. The van der Waals surface area contributed by atoms with E-state index in [2.05, 4.69) is 24.2 Å². The molecular weight excluding hydrogens is 521 g/mol. The number of benzene rings is 2. The number of H-pyrrole nitrogens is 1. The maximum atomic E-state index is 15.5. The number of halogens is 1. The van der Waals surface area contributed by atoms with Gasteiger partial charge in [-0.2, -0.15) is 10.3 Å². The van der Waals surface area contributed by atoms with Crippen molar-refractivity contribution in [3.8, 4) is 11.3 Å². The van der Waals surface area contributed by atoms with Crippen LogP contribution in [-0.2, 0) is 6.42 Å². The third-order valence-corrected chi connectivity index (χ3v) is 8.92. The first-order valence-electron chi connectivity index (χ1n) is 14.2. The quantitative estimate of drug-likeness (QED) is 0.302. The van der Waals surface area contributed by atoms with Gasteiger partial charge < -0.3 is 9.42 Å². The molecule has 8 nitrogen and oxygen atoms in total. The summed E-state index contributed by atoms with van der Waals surface area (Å²) in [6.07, 6.45) is 3.68. The molecule has 2 aliphatic carbocycles. The maximum absolute atomic E-state index is 15.5. The lowest BCUT2D eigenvalue weighted by Crippen LogP contribution is -2.39. The van der Waals surface area contributed by atoms with Gasteiger partial charge >= 0.3 is 0 Å². The third-order valence-electron chi connectivity index (χ3n) is 8.92. The Balaban J connectivity index is 1.11. The van der Waals surface area contributed by atoms with E-state index in [1.54, 1.807) is 22.7 Å². The van der Waals surface area contributed by atoms with Gasteiger partial charge in [0.25, 0.3) is 11.5 Å². The van der Waals surface area contributed by atoms with E-state index < -0.39 is 0 Å². The first-order chi connectivity index (χ1) is 19.9. The summed E-state index contributed by atoms with van der Waals surface area (Å²) in [5.41, 5.74) is 5.84. The van der Waals surface area contributed by atoms with Gasteiger partial charge in [0.2, 0.25) is 0 Å². The minimum Gasteiger partial charge on any atom is -0.383 e. The van der Waals surface area contributed by atoms with E-state index in [4.69, 9.17) is 14.6 Å². The van der Waals surface area contributed by atoms with E-state index in [0.717, 1.165) is 36.9 Å². The molecule has 2 fully saturated rings. The van der Waals surface area contributed by atoms with Crippen molar-refractivity contribution in [1.82, 2.24) is 24.7 Å². The number of rotatable bonds is 5. The summed E-state index contributed by atoms with van der Waals surface area (Å²) >= 11 is 0. The Bertz CT molecular complexity index is 1900. The smallest absolute Gasteiger partial charge is 0.280 e. The molecule has 3 aromatic heterocycles. The molecule has 0 radical (unpaired) electrons. The summed E-state index contributed by atoms with van der Waals surface area (Å²) in [7, 11) is 0. The van der Waals surface area contributed by atoms with Gasteiger partial charge in [0, 0.05) is 41.8 Å². The number of nitrogens with one attached hydrogen (secondary N) is 1. The predicted molar refractivity (Wildman–Crippen MR) is 149 cm³/mol. The summed E-state index contributed by atoms with van der Waals surface area (Å²) in [6, 6.07) is 18.6. The van der Waals surface area contributed by atoms with E-state index in [9.17, 15) is 9.59 Å². The van der Waals surface area contributed by atoms with Crippen molar-refractivity contribution < 1.29 is 13.7 Å². The SMILES string of the molecule is C[C@@H]1c2ccccc2CCN1C(=O)c1cc(C2CC2)n2nc(-c3ccc([C@@H]4C[C@H]4c4cc(=O)[nH]o4)cc3F)cc2n1. The largest absolute Gasteiger partial charge is 0.383 e. The van der Waals surface area contributed by atoms with Crippen molar-refractivity contribution in [2.75, 3.05) is 6.54 Å². The molecule has 8 rings (SSSR count). The molecule has 3 atom stereocenters. The van der Waals surface area contributed by atoms with Gasteiger partial charge in [-0.05, 0) is 73.4 Å². The number of carbonyl (C=O) groups excluding carboxylic acids is 1. The Morgan fingerprint density at radius 1 is 1.07 bits per heavy atom. The lowest BCUT2D eigenvalue weighted by Gasteiger charge is -2.35. The molecule has 9 heteroatoms. The van der Waals surface area contributed by atoms with Gasteiger partial charge in [0.1, 0.15) is 17.3 Å². The number of aromatic amines is 1. The zero-order valence-corrected chi connectivity index (χ0v) is 22.5. The Morgan fingerprint density at radius 2 is 1.93 bits per heavy atom. The van der Waals surface area contributed by atoms with E-state index in [0.29, 0.717) is 40.8 Å². The summed E-state index contributed by atoms with van der Waals surface area (Å²) in [4.78, 5) is 31.8. The van der Waals surface area contributed by atoms with Crippen LogP contribution in [0, 0.1) is 5.82 Å². The molecule has 2 saturated carbocycles. The Labute approximate surface area is 234 Å². The van der Waals surface area contributed by atoms with Crippen molar-refractivity contribution in [3.05, 3.63) is 111 Å². The Kier molecular flexibility index (Phi) is 5.32. The fourth-order valence-corrected chi connectivity index (χ4v) is 6.43. The zero-order valence-electron chi connectivity index (χ0n) is 22.5. The van der Waals surface area contributed by atoms with Gasteiger partial charge in [0.15, 0.2) is 5.65 Å². The number of hydrogen-bond donors (Lipinski definition) is 1. The van der Waals surface area contributed by atoms with Crippen molar-refractivity contribution >= 4 is 11.6 Å². The molecule has 4 heterocycles. The summed E-state index contributed by atoms with van der Waals surface area (Å²) < 4.78 is 22.5. The Morgan fingerprint density at radius 3 is 2.71 bits per heavy atom. The molecule has 1 aliphatic heterocycles. The van der Waals surface area contributed by atoms with Gasteiger partial charge in [-0.25, -0.2) is 13.9 Å². The number of hydrogen-bond acceptors (Lipinski definition) is 5. The van der Waals surface area contributed by atoms with Gasteiger partial charge in [0.05, 0.1) is 11.7 Å². The number of fused-ring (bicyclic) bond motifs is 2. The summed E-state index contributed by atoms with van der Waals surface area (Å²) in [6.45, 7) is 2.71. The van der Waals surface area contributed by atoms with Crippen LogP contribution in [0.2, 0.25) is 0 Å². The van der Waals surface area contributed by atoms with Crippen LogP contribution >= 0.6 is 0 Å². The van der Waals surface area contributed by atoms with Gasteiger partial charge in [-0.3, -0.25) is 9.59 Å². The van der Waals surface area contributed by atoms with Crippen LogP contribution in [0.4, 0.5) is 4.39 Å². The van der Waals surface area contributed by atoms with Crippen LogP contribution in [-0.4, -0.2) is 37.1 Å². The van der Waals surface area contributed by atoms with Crippen LogP contribution in [0.3, 0.4) is 0 Å². The number of amides is 1. The molecule has 5 aromatic rings. The average Bonchev–Trinajstić information content (AvgIpc) is 3.90. The molecule has 1 N–H and O–H groups in total. The van der Waals surface area contributed by atoms with Gasteiger partial charge in [-0.15, -0.1) is 0 Å². The molecule has 0 saturated heterocycles. The van der Waals surface area contributed by atoms with E-state index in [1.807, 2.05) is 29.2 Å². The monoisotopic (exact) mass is 549 g/mol. The van der Waals surface area contributed by atoms with Crippen molar-refractivity contribution in [2.24, 2.45) is 0 Å². The van der Waals surface area contributed by atoms with Crippen LogP contribution in [0.25, 0.3) is 16.9 Å². The highest BCUT2D eigenvalue weighted by molar-refractivity contribution is 5.93. The first-order valence-corrected chi connectivity index (χ1v) is 14.2. The highest BCUT2D eigenvalue weighted by atomic mass is 19.1. The Hall–Kier alpha value is -4.53. The summed E-state index contributed by atoms with van der Waals surface area (Å²) in [5, 5.41) is 7.08. The lowest BCUT2D eigenvalue weighted by atomic mass is 9.93. The minimum absolute atomic E-state index is 0.0396. The van der Waals surface area contributed by atoms with E-state index >= 15 is 4.39 Å². The molecule has 0 unspecified atom stereocenters. The standard InChI is InChI=1S/C32H28FN5O3/c1-17-21-5-3-2-4-18(21)10-11-37(17)32(40)27-14-28(19-6-7-19)38-30(34-27)15-26(35-38)22-9-8-20(12-25(22)33)23-13-24(23)29-16-31(39)36-41-29/h2-5,8-9,12,14-17,19,23-24H,6-7,10-11,13H2,1H3,(H,36,39)/t17-,23+,24-/m1/s1. The molecule has 0 bridgehead atoms. The fraction of sp³-hybridized carbons (Fsp3) is 0.312. The molecule has 41 heavy (non-hydrogen) atoms. The maximum Gasteiger partial charge on any atom is 0.280 e. The van der Waals surface area contributed by atoms with Crippen molar-refractivity contribution in [2.45, 2.75) is 56.4 Å². The fourth-order valence-electron chi connectivity index (χ4n) is 6.43. The average molecular weight is 550 g/mol. The minimum atomic E-state index is -0.364. The van der Waals surface area contributed by atoms with Crippen LogP contribution in [0.1, 0.15) is 88.6 Å². The van der Waals surface area contributed by atoms with Crippen molar-refractivity contribution in [1.29, 1.82) is 0 Å². The molecule has 3 aliphatic rings. The van der Waals surface area contributed by atoms with E-state index in [1.165, 1.54) is 17.2 Å². The molecule has 1 amide bonds.